The van der Waals surface area contributed by atoms with Crippen molar-refractivity contribution < 1.29 is 18.9 Å². The summed E-state index contributed by atoms with van der Waals surface area (Å²) < 4.78 is 24.1. The van der Waals surface area contributed by atoms with Crippen LogP contribution in [0.1, 0.15) is 51.4 Å². The minimum Gasteiger partial charge on any atom is -0.381 e. The summed E-state index contributed by atoms with van der Waals surface area (Å²) in [5.41, 5.74) is -0.274. The van der Waals surface area contributed by atoms with Crippen LogP contribution in [-0.2, 0) is 18.9 Å². The zero-order valence-corrected chi connectivity index (χ0v) is 21.6. The van der Waals surface area contributed by atoms with Gasteiger partial charge >= 0.3 is 0 Å². The van der Waals surface area contributed by atoms with Crippen LogP contribution < -0.4 is 0 Å². The Morgan fingerprint density at radius 3 is 0.828 bits per heavy atom. The summed E-state index contributed by atoms with van der Waals surface area (Å²) in [7, 11) is 0. The Morgan fingerprint density at radius 1 is 0.379 bits per heavy atom. The third-order valence-corrected chi connectivity index (χ3v) is 5.69. The second kappa shape index (κ2) is 23.9. The molecule has 0 amide bonds. The first-order valence-electron chi connectivity index (χ1n) is 11.0. The SMILES string of the molecule is SCCCCOCC(COCCCCS)(COCCCCS)COCCCCS. The van der Waals surface area contributed by atoms with E-state index < -0.39 is 0 Å². The van der Waals surface area contributed by atoms with Crippen molar-refractivity contribution >= 4 is 50.5 Å². The zero-order chi connectivity index (χ0) is 21.5. The molecular weight excluding hydrogens is 444 g/mol. The molecule has 0 unspecified atom stereocenters. The highest BCUT2D eigenvalue weighted by Gasteiger charge is 2.32. The van der Waals surface area contributed by atoms with Crippen LogP contribution in [-0.4, -0.2) is 75.9 Å². The highest BCUT2D eigenvalue weighted by atomic mass is 32.1. The van der Waals surface area contributed by atoms with E-state index in [0.717, 1.165) is 101 Å². The molecule has 0 aliphatic heterocycles. The zero-order valence-electron chi connectivity index (χ0n) is 18.1. The van der Waals surface area contributed by atoms with Gasteiger partial charge in [-0.3, -0.25) is 0 Å². The molecule has 0 N–H and O–H groups in total. The first kappa shape index (κ1) is 30.2. The van der Waals surface area contributed by atoms with Crippen LogP contribution in [0.4, 0.5) is 0 Å². The third kappa shape index (κ3) is 19.6. The van der Waals surface area contributed by atoms with Crippen molar-refractivity contribution in [2.75, 3.05) is 75.9 Å². The van der Waals surface area contributed by atoms with Gasteiger partial charge in [-0.1, -0.05) is 0 Å². The van der Waals surface area contributed by atoms with E-state index in [1.165, 1.54) is 0 Å². The van der Waals surface area contributed by atoms with E-state index in [9.17, 15) is 0 Å². The molecule has 4 nitrogen and oxygen atoms in total. The average Bonchev–Trinajstić information content (AvgIpc) is 2.73. The fraction of sp³-hybridized carbons (Fsp3) is 1.00. The van der Waals surface area contributed by atoms with Crippen molar-refractivity contribution in [3.8, 4) is 0 Å². The minimum atomic E-state index is -0.274. The number of rotatable bonds is 24. The molecule has 0 saturated heterocycles. The normalized spacial score (nSPS) is 12.0. The number of hydrogen-bond donors (Lipinski definition) is 4. The molecule has 29 heavy (non-hydrogen) atoms. The second-order valence-corrected chi connectivity index (χ2v) is 9.22. The van der Waals surface area contributed by atoms with Gasteiger partial charge in [0, 0.05) is 26.4 Å². The highest BCUT2D eigenvalue weighted by Crippen LogP contribution is 2.22. The van der Waals surface area contributed by atoms with Crippen molar-refractivity contribution in [2.45, 2.75) is 51.4 Å². The van der Waals surface area contributed by atoms with E-state index in [1.54, 1.807) is 0 Å². The van der Waals surface area contributed by atoms with Gasteiger partial charge in [-0.15, -0.1) is 0 Å². The van der Waals surface area contributed by atoms with Gasteiger partial charge in [-0.2, -0.15) is 50.5 Å². The number of unbranched alkanes of at least 4 members (excludes halogenated alkanes) is 4. The minimum absolute atomic E-state index is 0.274. The maximum atomic E-state index is 6.03. The quantitative estimate of drug-likeness (QED) is 0.115. The van der Waals surface area contributed by atoms with Crippen molar-refractivity contribution in [3.63, 3.8) is 0 Å². The van der Waals surface area contributed by atoms with Gasteiger partial charge in [0.25, 0.3) is 0 Å². The predicted octanol–water partition coefficient (Wildman–Crippen LogP) is 4.88. The summed E-state index contributed by atoms with van der Waals surface area (Å²) in [6.07, 6.45) is 8.35. The first-order chi connectivity index (χ1) is 14.2. The Kier molecular flexibility index (Phi) is 24.9. The Labute approximate surface area is 201 Å². The maximum absolute atomic E-state index is 6.03. The molecule has 0 heterocycles. The monoisotopic (exact) mass is 488 g/mol. The summed E-state index contributed by atoms with van der Waals surface area (Å²) in [5.74, 6) is 3.58. The van der Waals surface area contributed by atoms with Gasteiger partial charge in [0.2, 0.25) is 0 Å². The summed E-state index contributed by atoms with van der Waals surface area (Å²) in [4.78, 5) is 0. The number of hydrogen-bond acceptors (Lipinski definition) is 8. The maximum Gasteiger partial charge on any atom is 0.0637 e. The summed E-state index contributed by atoms with van der Waals surface area (Å²) in [6.45, 7) is 5.30. The second-order valence-electron chi connectivity index (χ2n) is 7.43. The van der Waals surface area contributed by atoms with Crippen LogP contribution in [0.3, 0.4) is 0 Å². The lowest BCUT2D eigenvalue weighted by Crippen LogP contribution is -2.42. The van der Waals surface area contributed by atoms with E-state index in [1.807, 2.05) is 0 Å². The molecule has 0 saturated carbocycles. The molecule has 0 atom stereocenters. The van der Waals surface area contributed by atoms with Crippen LogP contribution in [0.15, 0.2) is 0 Å². The van der Waals surface area contributed by atoms with Crippen LogP contribution in [0, 0.1) is 5.41 Å². The molecule has 0 radical (unpaired) electrons. The van der Waals surface area contributed by atoms with Crippen LogP contribution >= 0.6 is 50.5 Å². The van der Waals surface area contributed by atoms with Crippen LogP contribution in [0.25, 0.3) is 0 Å². The molecule has 0 bridgehead atoms. The summed E-state index contributed by atoms with van der Waals surface area (Å²) in [5, 5.41) is 0. The van der Waals surface area contributed by atoms with Crippen molar-refractivity contribution in [3.05, 3.63) is 0 Å². The molecule has 176 valence electrons. The Balaban J connectivity index is 4.69. The molecule has 0 aromatic rings. The van der Waals surface area contributed by atoms with E-state index in [0.29, 0.717) is 26.4 Å². The van der Waals surface area contributed by atoms with Gasteiger partial charge in [0.15, 0.2) is 0 Å². The van der Waals surface area contributed by atoms with Gasteiger partial charge in [-0.25, -0.2) is 0 Å². The lowest BCUT2D eigenvalue weighted by Gasteiger charge is -2.33. The first-order valence-corrected chi connectivity index (χ1v) is 13.5. The fourth-order valence-corrected chi connectivity index (χ4v) is 3.56. The molecule has 0 aromatic heterocycles. The van der Waals surface area contributed by atoms with Crippen molar-refractivity contribution in [2.24, 2.45) is 5.41 Å². The smallest absolute Gasteiger partial charge is 0.0637 e. The lowest BCUT2D eigenvalue weighted by atomic mass is 9.92. The van der Waals surface area contributed by atoms with E-state index in [-0.39, 0.29) is 5.41 Å². The third-order valence-electron chi connectivity index (χ3n) is 4.42. The largest absolute Gasteiger partial charge is 0.381 e. The Bertz CT molecular complexity index is 264. The molecule has 0 spiro atoms. The molecule has 0 rings (SSSR count). The summed E-state index contributed by atoms with van der Waals surface area (Å²) >= 11 is 17.1. The number of ether oxygens (including phenoxy) is 4. The van der Waals surface area contributed by atoms with E-state index in [2.05, 4.69) is 50.5 Å². The molecule has 0 fully saturated rings. The Hall–Kier alpha value is 1.24. The van der Waals surface area contributed by atoms with E-state index >= 15 is 0 Å². The van der Waals surface area contributed by atoms with E-state index in [4.69, 9.17) is 18.9 Å². The summed E-state index contributed by atoms with van der Waals surface area (Å²) in [6, 6.07) is 0. The molecule has 0 aromatic carbocycles. The van der Waals surface area contributed by atoms with Crippen LogP contribution in [0.5, 0.6) is 0 Å². The highest BCUT2D eigenvalue weighted by molar-refractivity contribution is 7.80. The molecule has 8 heteroatoms. The van der Waals surface area contributed by atoms with Crippen molar-refractivity contribution in [1.29, 1.82) is 0 Å². The van der Waals surface area contributed by atoms with Gasteiger partial charge in [0.1, 0.15) is 0 Å². The average molecular weight is 489 g/mol. The molecule has 0 aliphatic carbocycles. The number of thiol groups is 4. The molecular formula is C21H44O4S4. The van der Waals surface area contributed by atoms with Crippen LogP contribution in [0.2, 0.25) is 0 Å². The standard InChI is InChI=1S/C21H44O4S4/c26-13-5-1-9-22-17-21(18-23-10-2-6-14-27,19-24-11-3-7-15-28)20-25-12-4-8-16-29/h26-29H,1-20H2. The molecule has 0 aliphatic rings. The topological polar surface area (TPSA) is 36.9 Å². The lowest BCUT2D eigenvalue weighted by molar-refractivity contribution is -0.107. The van der Waals surface area contributed by atoms with Gasteiger partial charge in [-0.05, 0) is 74.4 Å². The fourth-order valence-electron chi connectivity index (χ4n) is 2.67. The predicted molar refractivity (Wildman–Crippen MR) is 138 cm³/mol. The van der Waals surface area contributed by atoms with Gasteiger partial charge in [0.05, 0.1) is 31.8 Å². The Morgan fingerprint density at radius 2 is 0.621 bits per heavy atom. The van der Waals surface area contributed by atoms with Crippen molar-refractivity contribution in [1.82, 2.24) is 0 Å². The van der Waals surface area contributed by atoms with Gasteiger partial charge < -0.3 is 18.9 Å².